The van der Waals surface area contributed by atoms with Crippen molar-refractivity contribution in [3.05, 3.63) is 66.6 Å². The van der Waals surface area contributed by atoms with Crippen molar-refractivity contribution in [2.24, 2.45) is 0 Å². The molecule has 0 radical (unpaired) electrons. The minimum Gasteiger partial charge on any atom is -0.494 e. The highest BCUT2D eigenvalue weighted by Gasteiger charge is 2.20. The first-order chi connectivity index (χ1) is 17.9. The molecular weight excluding hydrogens is 475 g/mol. The van der Waals surface area contributed by atoms with Gasteiger partial charge in [-0.05, 0) is 51.3 Å². The van der Waals surface area contributed by atoms with Crippen molar-refractivity contribution >= 4 is 22.5 Å². The Hall–Kier alpha value is -4.38. The summed E-state index contributed by atoms with van der Waals surface area (Å²) >= 11 is 0. The molecular formula is C26H27FN8O2. The molecule has 1 aromatic carbocycles. The number of rotatable bonds is 9. The number of benzene rings is 1. The van der Waals surface area contributed by atoms with Gasteiger partial charge in [0.2, 0.25) is 5.91 Å². The predicted octanol–water partition coefficient (Wildman–Crippen LogP) is 2.89. The van der Waals surface area contributed by atoms with Crippen LogP contribution in [-0.2, 0) is 11.2 Å². The summed E-state index contributed by atoms with van der Waals surface area (Å²) in [6.07, 6.45) is 7.77. The molecule has 0 unspecified atom stereocenters. The zero-order valence-electron chi connectivity index (χ0n) is 20.8. The number of fused-ring (bicyclic) bond motifs is 2. The number of methoxy groups -OCH3 is 1. The molecule has 0 bridgehead atoms. The third-order valence-corrected chi connectivity index (χ3v) is 6.00. The number of carbonyl (C=O) groups is 1. The smallest absolute Gasteiger partial charge is 0.226 e. The van der Waals surface area contributed by atoms with Crippen molar-refractivity contribution in [3.63, 3.8) is 0 Å². The van der Waals surface area contributed by atoms with Crippen LogP contribution in [0.5, 0.6) is 5.75 Å². The number of hydrogen-bond acceptors (Lipinski definition) is 7. The van der Waals surface area contributed by atoms with Gasteiger partial charge in [0.05, 0.1) is 42.2 Å². The first-order valence-corrected chi connectivity index (χ1v) is 11.9. The monoisotopic (exact) mass is 502 g/mol. The molecule has 4 heterocycles. The summed E-state index contributed by atoms with van der Waals surface area (Å²) in [5, 5.41) is 12.7. The van der Waals surface area contributed by atoms with E-state index in [2.05, 4.69) is 25.3 Å². The predicted molar refractivity (Wildman–Crippen MR) is 137 cm³/mol. The lowest BCUT2D eigenvalue weighted by atomic mass is 10.1. The number of pyridine rings is 1. The molecule has 0 spiro atoms. The number of nitrogens with one attached hydrogen (secondary N) is 1. The van der Waals surface area contributed by atoms with Crippen molar-refractivity contribution in [1.29, 1.82) is 0 Å². The second-order valence-corrected chi connectivity index (χ2v) is 8.89. The molecule has 0 aliphatic rings. The van der Waals surface area contributed by atoms with Gasteiger partial charge in [0, 0.05) is 36.6 Å². The van der Waals surface area contributed by atoms with Gasteiger partial charge in [-0.15, -0.1) is 0 Å². The quantitative estimate of drug-likeness (QED) is 0.309. The van der Waals surface area contributed by atoms with Gasteiger partial charge < -0.3 is 15.0 Å². The van der Waals surface area contributed by atoms with Gasteiger partial charge in [0.1, 0.15) is 17.3 Å². The van der Waals surface area contributed by atoms with Crippen LogP contribution in [0.4, 0.5) is 4.39 Å². The molecule has 5 aromatic rings. The first kappa shape index (κ1) is 24.3. The number of nitrogens with zero attached hydrogens (tertiary/aromatic N) is 7. The third-order valence-electron chi connectivity index (χ3n) is 6.00. The zero-order chi connectivity index (χ0) is 25.9. The van der Waals surface area contributed by atoms with Crippen LogP contribution in [-0.4, -0.2) is 74.5 Å². The standard InChI is InChI=1S/C26H27FN8O2/c1-33(2)10-4-8-28-25(36)14-21-18-15-30-20(19-16-31-34-11-5-9-29-26(19)34)13-22(18)35(32-21)23-12-17(27)6-7-24(23)37-3/h5-7,9,11-13,15-16H,4,8,10,14H2,1-3H3,(H,28,36). The van der Waals surface area contributed by atoms with Gasteiger partial charge in [-0.2, -0.15) is 10.2 Å². The highest BCUT2D eigenvalue weighted by Crippen LogP contribution is 2.31. The maximum Gasteiger partial charge on any atom is 0.226 e. The molecule has 0 aliphatic heterocycles. The minimum atomic E-state index is -0.430. The SMILES string of the molecule is COc1ccc(F)cc1-n1nc(CC(=O)NCCCN(C)C)c2cnc(-c3cnn4cccnc34)cc21. The fraction of sp³-hybridized carbons (Fsp3) is 0.269. The molecule has 37 heavy (non-hydrogen) atoms. The van der Waals surface area contributed by atoms with E-state index in [1.165, 1.54) is 19.2 Å². The van der Waals surface area contributed by atoms with E-state index in [0.29, 0.717) is 45.9 Å². The molecule has 10 nitrogen and oxygen atoms in total. The Kier molecular flexibility index (Phi) is 6.78. The van der Waals surface area contributed by atoms with E-state index in [-0.39, 0.29) is 12.3 Å². The Bertz CT molecular complexity index is 1580. The van der Waals surface area contributed by atoms with Crippen LogP contribution in [0.15, 0.2) is 55.1 Å². The van der Waals surface area contributed by atoms with Gasteiger partial charge in [-0.3, -0.25) is 9.78 Å². The number of ether oxygens (including phenoxy) is 1. The van der Waals surface area contributed by atoms with Crippen molar-refractivity contribution in [1.82, 2.24) is 39.6 Å². The summed E-state index contributed by atoms with van der Waals surface area (Å²) in [4.78, 5) is 23.9. The molecule has 5 rings (SSSR count). The second-order valence-electron chi connectivity index (χ2n) is 8.89. The van der Waals surface area contributed by atoms with Crippen LogP contribution < -0.4 is 10.1 Å². The molecule has 0 saturated heterocycles. The largest absolute Gasteiger partial charge is 0.494 e. The lowest BCUT2D eigenvalue weighted by Gasteiger charge is -2.10. The fourth-order valence-corrected chi connectivity index (χ4v) is 4.21. The summed E-state index contributed by atoms with van der Waals surface area (Å²) in [6.45, 7) is 1.44. The van der Waals surface area contributed by atoms with Gasteiger partial charge in [-0.1, -0.05) is 0 Å². The number of aromatic nitrogens is 6. The summed E-state index contributed by atoms with van der Waals surface area (Å²) in [6, 6.07) is 7.87. The lowest BCUT2D eigenvalue weighted by molar-refractivity contribution is -0.120. The normalized spacial score (nSPS) is 11.5. The second kappa shape index (κ2) is 10.3. The van der Waals surface area contributed by atoms with Crippen LogP contribution >= 0.6 is 0 Å². The van der Waals surface area contributed by atoms with Crippen LogP contribution in [0.2, 0.25) is 0 Å². The molecule has 1 N–H and O–H groups in total. The molecule has 190 valence electrons. The molecule has 11 heteroatoms. The lowest BCUT2D eigenvalue weighted by Crippen LogP contribution is -2.28. The Labute approximate surface area is 212 Å². The summed E-state index contributed by atoms with van der Waals surface area (Å²) < 4.78 is 23.0. The first-order valence-electron chi connectivity index (χ1n) is 11.9. The Balaban J connectivity index is 1.57. The van der Waals surface area contributed by atoms with E-state index < -0.39 is 5.82 Å². The fourth-order valence-electron chi connectivity index (χ4n) is 4.21. The van der Waals surface area contributed by atoms with E-state index in [1.54, 1.807) is 39.9 Å². The van der Waals surface area contributed by atoms with Gasteiger partial charge in [0.15, 0.2) is 5.65 Å². The van der Waals surface area contributed by atoms with Crippen LogP contribution in [0.3, 0.4) is 0 Å². The zero-order valence-corrected chi connectivity index (χ0v) is 20.8. The van der Waals surface area contributed by atoms with Crippen molar-refractivity contribution in [2.45, 2.75) is 12.8 Å². The van der Waals surface area contributed by atoms with Crippen molar-refractivity contribution in [3.8, 4) is 22.7 Å². The molecule has 0 fully saturated rings. The van der Waals surface area contributed by atoms with Crippen molar-refractivity contribution in [2.75, 3.05) is 34.3 Å². The molecule has 0 aliphatic carbocycles. The van der Waals surface area contributed by atoms with E-state index in [9.17, 15) is 9.18 Å². The number of halogens is 1. The molecule has 0 saturated carbocycles. The highest BCUT2D eigenvalue weighted by atomic mass is 19.1. The highest BCUT2D eigenvalue weighted by molar-refractivity contribution is 5.91. The summed E-state index contributed by atoms with van der Waals surface area (Å²) in [5.41, 5.74) is 3.61. The topological polar surface area (TPSA) is 102 Å². The van der Waals surface area contributed by atoms with Crippen LogP contribution in [0.1, 0.15) is 12.1 Å². The molecule has 0 atom stereocenters. The minimum absolute atomic E-state index is 0.0579. The maximum absolute atomic E-state index is 14.3. The van der Waals surface area contributed by atoms with Crippen LogP contribution in [0, 0.1) is 5.82 Å². The van der Waals surface area contributed by atoms with Gasteiger partial charge in [-0.25, -0.2) is 18.6 Å². The van der Waals surface area contributed by atoms with E-state index in [4.69, 9.17) is 9.84 Å². The number of amides is 1. The van der Waals surface area contributed by atoms with E-state index in [0.717, 1.165) is 18.5 Å². The summed E-state index contributed by atoms with van der Waals surface area (Å²) in [5.74, 6) is -0.130. The molecule has 4 aromatic heterocycles. The summed E-state index contributed by atoms with van der Waals surface area (Å²) in [7, 11) is 5.50. The number of carbonyl (C=O) groups excluding carboxylic acids is 1. The molecule has 1 amide bonds. The average molecular weight is 503 g/mol. The van der Waals surface area contributed by atoms with E-state index in [1.807, 2.05) is 26.4 Å². The van der Waals surface area contributed by atoms with Crippen LogP contribution in [0.25, 0.3) is 33.5 Å². The Morgan fingerprint density at radius 1 is 1.19 bits per heavy atom. The van der Waals surface area contributed by atoms with Gasteiger partial charge in [0.25, 0.3) is 0 Å². The maximum atomic E-state index is 14.3. The Morgan fingerprint density at radius 3 is 2.86 bits per heavy atom. The third kappa shape index (κ3) is 4.98. The van der Waals surface area contributed by atoms with Crippen molar-refractivity contribution < 1.29 is 13.9 Å². The Morgan fingerprint density at radius 2 is 2.05 bits per heavy atom. The van der Waals surface area contributed by atoms with Gasteiger partial charge >= 0.3 is 0 Å². The number of hydrogen-bond donors (Lipinski definition) is 1. The van der Waals surface area contributed by atoms with E-state index >= 15 is 0 Å². The average Bonchev–Trinajstić information content (AvgIpc) is 3.48.